The number of hydrogen-bond donors (Lipinski definition) is 1. The summed E-state index contributed by atoms with van der Waals surface area (Å²) in [6.45, 7) is 6.20. The Bertz CT molecular complexity index is 693. The molecule has 6 heteroatoms. The largest absolute Gasteiger partial charge is 0.345 e. The van der Waals surface area contributed by atoms with Gasteiger partial charge in [0, 0.05) is 17.5 Å². The smallest absolute Gasteiger partial charge is 0.270 e. The highest BCUT2D eigenvalue weighted by molar-refractivity contribution is 5.86. The van der Waals surface area contributed by atoms with Gasteiger partial charge in [-0.25, -0.2) is 4.98 Å². The lowest BCUT2D eigenvalue weighted by atomic mass is 10.1. The van der Waals surface area contributed by atoms with E-state index < -0.39 is 0 Å². The van der Waals surface area contributed by atoms with E-state index in [0.717, 1.165) is 48.5 Å². The van der Waals surface area contributed by atoms with Crippen LogP contribution in [0, 0.1) is 17.0 Å². The molecule has 3 rings (SSSR count). The molecule has 1 aromatic heterocycles. The molecule has 0 bridgehead atoms. The summed E-state index contributed by atoms with van der Waals surface area (Å²) in [4.78, 5) is 19.0. The molecule has 0 aliphatic carbocycles. The van der Waals surface area contributed by atoms with Crippen LogP contribution in [-0.4, -0.2) is 43.1 Å². The molecule has 0 atom stereocenters. The van der Waals surface area contributed by atoms with E-state index in [9.17, 15) is 10.1 Å². The average molecular weight is 287 g/mol. The van der Waals surface area contributed by atoms with Crippen LogP contribution >= 0.6 is 0 Å². The lowest BCUT2D eigenvalue weighted by Gasteiger charge is -2.31. The van der Waals surface area contributed by atoms with E-state index in [-0.39, 0.29) is 10.6 Å². The minimum Gasteiger partial charge on any atom is -0.345 e. The van der Waals surface area contributed by atoms with Crippen molar-refractivity contribution in [3.63, 3.8) is 0 Å². The second-order valence-electron chi connectivity index (χ2n) is 5.70. The summed E-state index contributed by atoms with van der Waals surface area (Å²) in [6.07, 6.45) is 0. The second kappa shape index (κ2) is 5.29. The maximum absolute atomic E-state index is 10.9. The first-order valence-electron chi connectivity index (χ1n) is 7.16. The van der Waals surface area contributed by atoms with Gasteiger partial charge < -0.3 is 9.80 Å². The lowest BCUT2D eigenvalue weighted by Crippen LogP contribution is -3.12. The fourth-order valence-electron chi connectivity index (χ4n) is 2.76. The molecule has 1 fully saturated rings. The molecule has 2 heterocycles. The average Bonchev–Trinajstić information content (AvgIpc) is 2.47. The highest BCUT2D eigenvalue weighted by atomic mass is 16.6. The summed E-state index contributed by atoms with van der Waals surface area (Å²) in [5.74, 6) is 0.973. The number of hydrogen-bond acceptors (Lipinski definition) is 4. The van der Waals surface area contributed by atoms with Crippen LogP contribution in [0.1, 0.15) is 5.56 Å². The zero-order valence-corrected chi connectivity index (χ0v) is 12.3. The van der Waals surface area contributed by atoms with Crippen molar-refractivity contribution in [3.8, 4) is 0 Å². The summed E-state index contributed by atoms with van der Waals surface area (Å²) >= 11 is 0. The molecule has 0 unspecified atom stereocenters. The Morgan fingerprint density at radius 2 is 2.00 bits per heavy atom. The third kappa shape index (κ3) is 2.67. The van der Waals surface area contributed by atoms with Crippen LogP contribution in [0.4, 0.5) is 11.5 Å². The first kappa shape index (κ1) is 13.8. The summed E-state index contributed by atoms with van der Waals surface area (Å²) in [6, 6.07) is 6.90. The number of benzene rings is 1. The number of aryl methyl sites for hydroxylation is 1. The van der Waals surface area contributed by atoms with Crippen molar-refractivity contribution in [1.82, 2.24) is 4.98 Å². The van der Waals surface area contributed by atoms with Crippen LogP contribution in [0.15, 0.2) is 24.3 Å². The van der Waals surface area contributed by atoms with Gasteiger partial charge in [0.25, 0.3) is 5.69 Å². The zero-order valence-electron chi connectivity index (χ0n) is 12.3. The predicted octanol–water partition coefficient (Wildman–Crippen LogP) is 0.786. The third-order valence-corrected chi connectivity index (χ3v) is 4.14. The van der Waals surface area contributed by atoms with Crippen LogP contribution in [0.25, 0.3) is 10.9 Å². The Kier molecular flexibility index (Phi) is 3.47. The molecule has 1 saturated heterocycles. The molecule has 0 radical (unpaired) electrons. The van der Waals surface area contributed by atoms with Crippen LogP contribution < -0.4 is 9.80 Å². The van der Waals surface area contributed by atoms with Gasteiger partial charge in [-0.2, -0.15) is 0 Å². The minimum absolute atomic E-state index is 0.114. The van der Waals surface area contributed by atoms with Crippen molar-refractivity contribution < 1.29 is 9.82 Å². The minimum atomic E-state index is -0.365. The highest BCUT2D eigenvalue weighted by Gasteiger charge is 2.19. The molecule has 2 aromatic rings. The lowest BCUT2D eigenvalue weighted by molar-refractivity contribution is -0.880. The molecule has 0 saturated carbocycles. The third-order valence-electron chi connectivity index (χ3n) is 4.14. The van der Waals surface area contributed by atoms with E-state index >= 15 is 0 Å². The fourth-order valence-corrected chi connectivity index (χ4v) is 2.76. The molecule has 21 heavy (non-hydrogen) atoms. The zero-order chi connectivity index (χ0) is 15.0. The number of quaternary nitrogens is 1. The van der Waals surface area contributed by atoms with Crippen LogP contribution in [-0.2, 0) is 0 Å². The number of aromatic nitrogens is 1. The molecular formula is C15H19N4O2+. The Morgan fingerprint density at radius 1 is 1.29 bits per heavy atom. The Balaban J connectivity index is 1.99. The number of nitrogens with zero attached hydrogens (tertiary/aromatic N) is 3. The van der Waals surface area contributed by atoms with Gasteiger partial charge in [-0.05, 0) is 24.6 Å². The quantitative estimate of drug-likeness (QED) is 0.655. The molecule has 1 aliphatic rings. The second-order valence-corrected chi connectivity index (χ2v) is 5.70. The Labute approximate surface area is 123 Å². The van der Waals surface area contributed by atoms with E-state index in [0.29, 0.717) is 0 Å². The van der Waals surface area contributed by atoms with E-state index in [4.69, 9.17) is 0 Å². The van der Waals surface area contributed by atoms with Crippen LogP contribution in [0.3, 0.4) is 0 Å². The first-order chi connectivity index (χ1) is 10.0. The number of nitro benzene ring substituents is 1. The number of pyridine rings is 1. The molecule has 0 spiro atoms. The van der Waals surface area contributed by atoms with E-state index in [2.05, 4.69) is 16.9 Å². The van der Waals surface area contributed by atoms with Gasteiger partial charge in [-0.1, -0.05) is 0 Å². The van der Waals surface area contributed by atoms with Crippen LogP contribution in [0.2, 0.25) is 0 Å². The molecule has 1 N–H and O–H groups in total. The number of non-ortho nitro benzene ring substituents is 1. The normalized spacial score (nSPS) is 16.4. The van der Waals surface area contributed by atoms with Crippen molar-refractivity contribution in [2.45, 2.75) is 6.92 Å². The molecule has 1 aromatic carbocycles. The van der Waals surface area contributed by atoms with Gasteiger partial charge in [-0.3, -0.25) is 10.1 Å². The van der Waals surface area contributed by atoms with E-state index in [1.807, 2.05) is 13.0 Å². The maximum Gasteiger partial charge on any atom is 0.270 e. The Morgan fingerprint density at radius 3 is 2.67 bits per heavy atom. The topological polar surface area (TPSA) is 63.7 Å². The fraction of sp³-hybridized carbons (Fsp3) is 0.400. The van der Waals surface area contributed by atoms with E-state index in [1.54, 1.807) is 17.0 Å². The molecule has 0 amide bonds. The monoisotopic (exact) mass is 287 g/mol. The summed E-state index contributed by atoms with van der Waals surface area (Å²) < 4.78 is 0. The van der Waals surface area contributed by atoms with Crippen molar-refractivity contribution in [2.24, 2.45) is 0 Å². The number of fused-ring (bicyclic) bond motifs is 1. The number of piperazine rings is 1. The van der Waals surface area contributed by atoms with Crippen molar-refractivity contribution >= 4 is 22.4 Å². The Hall–Kier alpha value is -2.21. The molecule has 110 valence electrons. The van der Waals surface area contributed by atoms with Gasteiger partial charge in [0.1, 0.15) is 5.82 Å². The van der Waals surface area contributed by atoms with Gasteiger partial charge in [0.05, 0.1) is 43.7 Å². The SMILES string of the molecule is Cc1cc(N2CC[NH+](C)CC2)nc2ccc([N+](=O)[O-])cc12. The van der Waals surface area contributed by atoms with Crippen molar-refractivity contribution in [3.05, 3.63) is 39.9 Å². The van der Waals surface area contributed by atoms with Gasteiger partial charge in [0.2, 0.25) is 0 Å². The van der Waals surface area contributed by atoms with Crippen LogP contribution in [0.5, 0.6) is 0 Å². The molecule has 6 nitrogen and oxygen atoms in total. The predicted molar refractivity (Wildman–Crippen MR) is 82.0 cm³/mol. The number of anilines is 1. The first-order valence-corrected chi connectivity index (χ1v) is 7.16. The van der Waals surface area contributed by atoms with Gasteiger partial charge in [-0.15, -0.1) is 0 Å². The van der Waals surface area contributed by atoms with Gasteiger partial charge >= 0.3 is 0 Å². The maximum atomic E-state index is 10.9. The number of likely N-dealkylation sites (N-methyl/N-ethyl adjacent to an activating group) is 1. The summed E-state index contributed by atoms with van der Waals surface area (Å²) in [5, 5.41) is 11.7. The van der Waals surface area contributed by atoms with Crippen molar-refractivity contribution in [2.75, 3.05) is 38.1 Å². The highest BCUT2D eigenvalue weighted by Crippen LogP contribution is 2.26. The summed E-state index contributed by atoms with van der Waals surface area (Å²) in [5.41, 5.74) is 1.97. The number of nitrogens with one attached hydrogen (secondary N) is 1. The standard InChI is InChI=1S/C15H18N4O2/c1-11-9-15(18-7-5-17(2)6-8-18)16-14-4-3-12(19(20)21)10-13(11)14/h3-4,9-10H,5-8H2,1-2H3/p+1. The molecular weight excluding hydrogens is 268 g/mol. The molecule has 1 aliphatic heterocycles. The number of nitro groups is 1. The summed E-state index contributed by atoms with van der Waals surface area (Å²) in [7, 11) is 2.20. The number of rotatable bonds is 2. The van der Waals surface area contributed by atoms with E-state index in [1.165, 1.54) is 6.07 Å². The van der Waals surface area contributed by atoms with Gasteiger partial charge in [0.15, 0.2) is 0 Å². The van der Waals surface area contributed by atoms with Crippen molar-refractivity contribution in [1.29, 1.82) is 0 Å².